The molecule has 0 aliphatic carbocycles. The van der Waals surface area contributed by atoms with E-state index in [1.54, 1.807) is 13.3 Å². The Bertz CT molecular complexity index is 504. The van der Waals surface area contributed by atoms with Crippen LogP contribution in [-0.2, 0) is 17.9 Å². The van der Waals surface area contributed by atoms with Crippen LogP contribution < -0.4 is 0 Å². The number of nitrogens with zero attached hydrogens (tertiary/aromatic N) is 3. The Balaban J connectivity index is 2.74. The summed E-state index contributed by atoms with van der Waals surface area (Å²) in [5.41, 5.74) is 0.675. The molecule has 6 heteroatoms. The lowest BCUT2D eigenvalue weighted by atomic mass is 10.4. The third-order valence-electron chi connectivity index (χ3n) is 2.40. The van der Waals surface area contributed by atoms with Gasteiger partial charge in [0.05, 0.1) is 23.9 Å². The molecule has 0 aromatic carbocycles. The Morgan fingerprint density at radius 3 is 2.89 bits per heavy atom. The van der Waals surface area contributed by atoms with E-state index >= 15 is 0 Å². The fraction of sp³-hybridized carbons (Fsp3) is 0.385. The number of ether oxygens (including phenoxy) is 1. The van der Waals surface area contributed by atoms with Crippen LogP contribution in [-0.4, -0.2) is 28.0 Å². The molecule has 1 heterocycles. The first-order valence-corrected chi connectivity index (χ1v) is 6.64. The minimum atomic E-state index is -0.0415. The van der Waals surface area contributed by atoms with Gasteiger partial charge in [-0.1, -0.05) is 6.08 Å². The maximum atomic E-state index is 9.01. The van der Waals surface area contributed by atoms with Crippen LogP contribution in [0.15, 0.2) is 33.7 Å². The molecule has 0 radical (unpaired) electrons. The molecule has 0 aliphatic heterocycles. The predicted octanol–water partition coefficient (Wildman–Crippen LogP) is 2.54. The second kappa shape index (κ2) is 7.91. The number of methoxy groups -OCH3 is 1. The minimum absolute atomic E-state index is 0.0415. The largest absolute Gasteiger partial charge is 0.480 e. The fourth-order valence-electron chi connectivity index (χ4n) is 1.51. The number of imidazole rings is 1. The molecule has 19 heavy (non-hydrogen) atoms. The normalized spacial score (nSPS) is 13.3. The third kappa shape index (κ3) is 4.65. The molecule has 1 rings (SSSR count). The van der Waals surface area contributed by atoms with Gasteiger partial charge < -0.3 is 14.4 Å². The van der Waals surface area contributed by atoms with E-state index in [0.29, 0.717) is 18.1 Å². The quantitative estimate of drug-likeness (QED) is 0.496. The molecule has 0 fully saturated rings. The maximum absolute atomic E-state index is 9.01. The number of aryl methyl sites for hydroxylation is 1. The van der Waals surface area contributed by atoms with Crippen LogP contribution >= 0.6 is 15.9 Å². The zero-order valence-electron chi connectivity index (χ0n) is 11.3. The number of aliphatic imine (C=N–C) groups is 1. The van der Waals surface area contributed by atoms with Gasteiger partial charge in [-0.15, -0.1) is 0 Å². The number of aliphatic hydroxyl groups is 1. The van der Waals surface area contributed by atoms with Crippen LogP contribution in [0.5, 0.6) is 0 Å². The van der Waals surface area contributed by atoms with Gasteiger partial charge in [0.2, 0.25) is 5.88 Å². The van der Waals surface area contributed by atoms with Gasteiger partial charge in [0.25, 0.3) is 0 Å². The summed E-state index contributed by atoms with van der Waals surface area (Å²) in [6.45, 7) is 4.36. The highest BCUT2D eigenvalue weighted by Crippen LogP contribution is 2.15. The molecular weight excluding hydrogens is 310 g/mol. The second-order valence-corrected chi connectivity index (χ2v) is 4.59. The highest BCUT2D eigenvalue weighted by atomic mass is 79.9. The Kier molecular flexibility index (Phi) is 6.52. The lowest BCUT2D eigenvalue weighted by Crippen LogP contribution is -1.96. The van der Waals surface area contributed by atoms with Crippen molar-refractivity contribution in [3.05, 3.63) is 40.2 Å². The number of hydrogen-bond donors (Lipinski definition) is 1. The number of halogens is 1. The summed E-state index contributed by atoms with van der Waals surface area (Å²) in [7, 11) is 1.57. The standard InChI is InChI=1S/C13H18BrN3O2/c1-4-15-13(19-3)12(14)6-5-7-17-8-11(9-18)16-10(17)2/h4-6,8,18H,7,9H2,1-3H3/b6-5+,13-12-,15-4-. The summed E-state index contributed by atoms with van der Waals surface area (Å²) in [5.74, 6) is 1.39. The monoisotopic (exact) mass is 327 g/mol. The van der Waals surface area contributed by atoms with Gasteiger partial charge >= 0.3 is 0 Å². The number of rotatable bonds is 6. The van der Waals surface area contributed by atoms with Gasteiger partial charge in [-0.3, -0.25) is 0 Å². The molecule has 104 valence electrons. The fourth-order valence-corrected chi connectivity index (χ4v) is 1.96. The van der Waals surface area contributed by atoms with E-state index in [-0.39, 0.29) is 6.61 Å². The molecular formula is C13H18BrN3O2. The summed E-state index contributed by atoms with van der Waals surface area (Å²) in [5, 5.41) is 9.01. The predicted molar refractivity (Wildman–Crippen MR) is 79.2 cm³/mol. The van der Waals surface area contributed by atoms with Crippen molar-refractivity contribution >= 4 is 22.1 Å². The zero-order valence-corrected chi connectivity index (χ0v) is 12.9. The van der Waals surface area contributed by atoms with E-state index in [9.17, 15) is 0 Å². The lowest BCUT2D eigenvalue weighted by Gasteiger charge is -2.01. The van der Waals surface area contributed by atoms with Crippen LogP contribution in [0.25, 0.3) is 0 Å². The van der Waals surface area contributed by atoms with Crippen molar-refractivity contribution in [1.82, 2.24) is 9.55 Å². The van der Waals surface area contributed by atoms with Crippen LogP contribution in [0.3, 0.4) is 0 Å². The van der Waals surface area contributed by atoms with E-state index in [2.05, 4.69) is 25.9 Å². The van der Waals surface area contributed by atoms with Gasteiger partial charge in [0.1, 0.15) is 5.82 Å². The number of allylic oxidation sites excluding steroid dienone is 3. The van der Waals surface area contributed by atoms with Crippen molar-refractivity contribution in [2.75, 3.05) is 7.11 Å². The molecule has 0 spiro atoms. The summed E-state index contributed by atoms with van der Waals surface area (Å²) in [4.78, 5) is 8.30. The van der Waals surface area contributed by atoms with E-state index in [0.717, 1.165) is 10.3 Å². The first kappa shape index (κ1) is 15.7. The lowest BCUT2D eigenvalue weighted by molar-refractivity contribution is 0.277. The Morgan fingerprint density at radius 1 is 1.63 bits per heavy atom. The average Bonchev–Trinajstić information content (AvgIpc) is 2.76. The van der Waals surface area contributed by atoms with Gasteiger partial charge in [-0.05, 0) is 35.9 Å². The second-order valence-electron chi connectivity index (χ2n) is 3.74. The van der Waals surface area contributed by atoms with Crippen LogP contribution in [0, 0.1) is 6.92 Å². The van der Waals surface area contributed by atoms with Crippen molar-refractivity contribution in [2.45, 2.75) is 27.0 Å². The third-order valence-corrected chi connectivity index (χ3v) is 3.00. The van der Waals surface area contributed by atoms with Crippen molar-refractivity contribution < 1.29 is 9.84 Å². The molecule has 0 amide bonds. The Labute approximate surface area is 121 Å². The van der Waals surface area contributed by atoms with Crippen LogP contribution in [0.1, 0.15) is 18.4 Å². The van der Waals surface area contributed by atoms with Gasteiger partial charge in [-0.25, -0.2) is 9.98 Å². The molecule has 5 nitrogen and oxygen atoms in total. The first-order chi connectivity index (χ1) is 9.12. The highest BCUT2D eigenvalue weighted by Gasteiger charge is 2.02. The zero-order chi connectivity index (χ0) is 14.3. The first-order valence-electron chi connectivity index (χ1n) is 5.84. The number of aliphatic hydroxyl groups excluding tert-OH is 1. The van der Waals surface area contributed by atoms with Gasteiger partial charge in [0, 0.05) is 19.0 Å². The molecule has 0 aliphatic rings. The van der Waals surface area contributed by atoms with E-state index < -0.39 is 0 Å². The average molecular weight is 328 g/mol. The van der Waals surface area contributed by atoms with E-state index in [4.69, 9.17) is 9.84 Å². The summed E-state index contributed by atoms with van der Waals surface area (Å²) >= 11 is 3.41. The van der Waals surface area contributed by atoms with E-state index in [1.165, 1.54) is 0 Å². The molecule has 0 unspecified atom stereocenters. The molecule has 0 saturated heterocycles. The van der Waals surface area contributed by atoms with Crippen molar-refractivity contribution in [2.24, 2.45) is 4.99 Å². The van der Waals surface area contributed by atoms with Crippen molar-refractivity contribution in [3.63, 3.8) is 0 Å². The molecule has 0 bridgehead atoms. The SMILES string of the molecule is C\C=N/C(OC)=C(Br)\C=C\Cn1cc(CO)nc1C. The van der Waals surface area contributed by atoms with Gasteiger partial charge in [0.15, 0.2) is 0 Å². The molecule has 0 saturated carbocycles. The Hall–Kier alpha value is -1.40. The maximum Gasteiger partial charge on any atom is 0.227 e. The number of hydrogen-bond acceptors (Lipinski definition) is 4. The smallest absolute Gasteiger partial charge is 0.227 e. The van der Waals surface area contributed by atoms with Crippen molar-refractivity contribution in [1.29, 1.82) is 0 Å². The Morgan fingerprint density at radius 2 is 2.37 bits per heavy atom. The van der Waals surface area contributed by atoms with Crippen LogP contribution in [0.4, 0.5) is 0 Å². The highest BCUT2D eigenvalue weighted by molar-refractivity contribution is 9.11. The number of aromatic nitrogens is 2. The van der Waals surface area contributed by atoms with Crippen LogP contribution in [0.2, 0.25) is 0 Å². The summed E-state index contributed by atoms with van der Waals surface area (Å²) in [6, 6.07) is 0. The molecule has 1 aromatic heterocycles. The van der Waals surface area contributed by atoms with E-state index in [1.807, 2.05) is 36.8 Å². The molecule has 1 N–H and O–H groups in total. The molecule has 1 aromatic rings. The minimum Gasteiger partial charge on any atom is -0.480 e. The van der Waals surface area contributed by atoms with Crippen molar-refractivity contribution in [3.8, 4) is 0 Å². The van der Waals surface area contributed by atoms with Gasteiger partial charge in [-0.2, -0.15) is 0 Å². The summed E-state index contributed by atoms with van der Waals surface area (Å²) in [6.07, 6.45) is 7.34. The molecule has 0 atom stereocenters. The topological polar surface area (TPSA) is 59.6 Å². The summed E-state index contributed by atoms with van der Waals surface area (Å²) < 4.78 is 7.86.